The highest BCUT2D eigenvalue weighted by atomic mass is 16.2. The van der Waals surface area contributed by atoms with E-state index < -0.39 is 0 Å². The highest BCUT2D eigenvalue weighted by Crippen LogP contribution is 2.22. The Morgan fingerprint density at radius 2 is 1.59 bits per heavy atom. The summed E-state index contributed by atoms with van der Waals surface area (Å²) in [5, 5.41) is 11.2. The van der Waals surface area contributed by atoms with Crippen molar-refractivity contribution in [1.29, 1.82) is 0 Å². The Bertz CT molecular complexity index is 832. The van der Waals surface area contributed by atoms with Gasteiger partial charge in [0, 0.05) is 38.8 Å². The molecular weight excluding hydrogens is 342 g/mol. The average molecular weight is 367 g/mol. The van der Waals surface area contributed by atoms with Crippen LogP contribution < -0.4 is 10.2 Å². The summed E-state index contributed by atoms with van der Waals surface area (Å²) in [6.45, 7) is 10.3. The van der Waals surface area contributed by atoms with Gasteiger partial charge in [0.1, 0.15) is 0 Å². The Balaban J connectivity index is 1.67. The maximum Gasteiger partial charge on any atom is 0.276 e. The van der Waals surface area contributed by atoms with Crippen LogP contribution in [0.4, 0.5) is 11.5 Å². The molecule has 0 atom stereocenters. The predicted octanol–water partition coefficient (Wildman–Crippen LogP) is 2.32. The molecule has 1 aromatic heterocycles. The number of carbonyl (C=O) groups is 2. The molecule has 3 rings (SSSR count). The first-order valence-corrected chi connectivity index (χ1v) is 9.08. The quantitative estimate of drug-likeness (QED) is 0.901. The van der Waals surface area contributed by atoms with Gasteiger partial charge in [0.05, 0.1) is 0 Å². The predicted molar refractivity (Wildman–Crippen MR) is 105 cm³/mol. The second-order valence-electron chi connectivity index (χ2n) is 7.00. The number of aryl methyl sites for hydroxylation is 3. The number of piperazine rings is 1. The molecule has 0 bridgehead atoms. The molecule has 142 valence electrons. The summed E-state index contributed by atoms with van der Waals surface area (Å²) in [4.78, 5) is 27.8. The molecule has 0 unspecified atom stereocenters. The van der Waals surface area contributed by atoms with Crippen LogP contribution in [-0.2, 0) is 4.79 Å². The molecule has 1 aliphatic rings. The van der Waals surface area contributed by atoms with E-state index in [-0.39, 0.29) is 17.5 Å². The first-order valence-electron chi connectivity index (χ1n) is 9.08. The molecule has 2 aromatic rings. The number of carbonyl (C=O) groups excluding carboxylic acids is 2. The van der Waals surface area contributed by atoms with Crippen molar-refractivity contribution in [1.82, 2.24) is 15.1 Å². The van der Waals surface area contributed by atoms with Crippen molar-refractivity contribution in [3.8, 4) is 0 Å². The second-order valence-corrected chi connectivity index (χ2v) is 7.00. The van der Waals surface area contributed by atoms with Gasteiger partial charge in [0.15, 0.2) is 11.5 Å². The van der Waals surface area contributed by atoms with Gasteiger partial charge in [0.25, 0.3) is 5.91 Å². The molecule has 0 radical (unpaired) electrons. The van der Waals surface area contributed by atoms with E-state index in [2.05, 4.69) is 20.4 Å². The SMILES string of the molecule is CC(=O)N1CCN(c2ccc(C(=O)Nc3c(C)cc(C)cc3C)nn2)CC1. The third-order valence-corrected chi connectivity index (χ3v) is 4.85. The molecule has 2 heterocycles. The molecule has 7 heteroatoms. The third kappa shape index (κ3) is 4.24. The molecule has 1 aromatic carbocycles. The van der Waals surface area contributed by atoms with Gasteiger partial charge in [-0.25, -0.2) is 0 Å². The number of hydrogen-bond donors (Lipinski definition) is 1. The van der Waals surface area contributed by atoms with Gasteiger partial charge >= 0.3 is 0 Å². The normalized spacial score (nSPS) is 14.2. The summed E-state index contributed by atoms with van der Waals surface area (Å²) in [5.74, 6) is 0.539. The standard InChI is InChI=1S/C20H25N5O2/c1-13-11-14(2)19(15(3)12-13)21-20(27)17-5-6-18(23-22-17)25-9-7-24(8-10-25)16(4)26/h5-6,11-12H,7-10H2,1-4H3,(H,21,27). The van der Waals surface area contributed by atoms with Gasteiger partial charge in [-0.15, -0.1) is 10.2 Å². The number of benzene rings is 1. The number of hydrogen-bond acceptors (Lipinski definition) is 5. The van der Waals surface area contributed by atoms with Crippen molar-refractivity contribution < 1.29 is 9.59 Å². The summed E-state index contributed by atoms with van der Waals surface area (Å²) in [7, 11) is 0. The molecule has 2 amide bonds. The van der Waals surface area contributed by atoms with Crippen LogP contribution >= 0.6 is 0 Å². The van der Waals surface area contributed by atoms with Crippen molar-refractivity contribution in [2.24, 2.45) is 0 Å². The van der Waals surface area contributed by atoms with Crippen LogP contribution in [0.5, 0.6) is 0 Å². The molecule has 1 fully saturated rings. The van der Waals surface area contributed by atoms with Gasteiger partial charge in [-0.05, 0) is 44.0 Å². The van der Waals surface area contributed by atoms with Crippen molar-refractivity contribution in [2.75, 3.05) is 36.4 Å². The number of nitrogens with zero attached hydrogens (tertiary/aromatic N) is 4. The van der Waals surface area contributed by atoms with Crippen LogP contribution in [0.15, 0.2) is 24.3 Å². The Morgan fingerprint density at radius 3 is 2.11 bits per heavy atom. The molecule has 0 saturated carbocycles. The summed E-state index contributed by atoms with van der Waals surface area (Å²) in [6.07, 6.45) is 0. The number of aromatic nitrogens is 2. The fourth-order valence-corrected chi connectivity index (χ4v) is 3.42. The third-order valence-electron chi connectivity index (χ3n) is 4.85. The van der Waals surface area contributed by atoms with Crippen molar-refractivity contribution in [2.45, 2.75) is 27.7 Å². The minimum atomic E-state index is -0.273. The minimum absolute atomic E-state index is 0.0921. The Hall–Kier alpha value is -2.96. The Morgan fingerprint density at radius 1 is 0.963 bits per heavy atom. The summed E-state index contributed by atoms with van der Waals surface area (Å²) in [5.41, 5.74) is 4.30. The van der Waals surface area contributed by atoms with Crippen molar-refractivity contribution in [3.05, 3.63) is 46.6 Å². The zero-order valence-electron chi connectivity index (χ0n) is 16.2. The lowest BCUT2D eigenvalue weighted by Gasteiger charge is -2.34. The zero-order valence-corrected chi connectivity index (χ0v) is 16.2. The van der Waals surface area contributed by atoms with Crippen molar-refractivity contribution in [3.63, 3.8) is 0 Å². The van der Waals surface area contributed by atoms with E-state index in [0.29, 0.717) is 26.2 Å². The zero-order chi connectivity index (χ0) is 19.6. The van der Waals surface area contributed by atoms with Gasteiger partial charge < -0.3 is 15.1 Å². The summed E-state index contributed by atoms with van der Waals surface area (Å²) >= 11 is 0. The fraction of sp³-hybridized carbons (Fsp3) is 0.400. The number of nitrogens with one attached hydrogen (secondary N) is 1. The lowest BCUT2D eigenvalue weighted by Crippen LogP contribution is -2.48. The first kappa shape index (κ1) is 18.8. The Kier molecular flexibility index (Phi) is 5.39. The fourth-order valence-electron chi connectivity index (χ4n) is 3.42. The summed E-state index contributed by atoms with van der Waals surface area (Å²) < 4.78 is 0. The lowest BCUT2D eigenvalue weighted by atomic mass is 10.1. The largest absolute Gasteiger partial charge is 0.352 e. The average Bonchev–Trinajstić information content (AvgIpc) is 2.64. The van der Waals surface area contributed by atoms with E-state index in [9.17, 15) is 9.59 Å². The van der Waals surface area contributed by atoms with E-state index in [1.54, 1.807) is 19.1 Å². The summed E-state index contributed by atoms with van der Waals surface area (Å²) in [6, 6.07) is 7.57. The number of rotatable bonds is 3. The van der Waals surface area contributed by atoms with Crippen LogP contribution in [0.25, 0.3) is 0 Å². The molecule has 7 nitrogen and oxygen atoms in total. The van der Waals surface area contributed by atoms with Gasteiger partial charge in [-0.3, -0.25) is 9.59 Å². The van der Waals surface area contributed by atoms with E-state index in [4.69, 9.17) is 0 Å². The molecule has 1 N–H and O–H groups in total. The Labute approximate surface area is 159 Å². The van der Waals surface area contributed by atoms with E-state index in [1.807, 2.05) is 37.8 Å². The van der Waals surface area contributed by atoms with Crippen LogP contribution in [0.2, 0.25) is 0 Å². The van der Waals surface area contributed by atoms with Crippen molar-refractivity contribution >= 4 is 23.3 Å². The maximum absolute atomic E-state index is 12.5. The molecular formula is C20H25N5O2. The van der Waals surface area contributed by atoms with Gasteiger partial charge in [-0.2, -0.15) is 0 Å². The minimum Gasteiger partial charge on any atom is -0.352 e. The van der Waals surface area contributed by atoms with Gasteiger partial charge in [0.2, 0.25) is 5.91 Å². The van der Waals surface area contributed by atoms with E-state index in [0.717, 1.165) is 28.2 Å². The molecule has 1 aliphatic heterocycles. The first-order chi connectivity index (χ1) is 12.8. The molecule has 27 heavy (non-hydrogen) atoms. The highest BCUT2D eigenvalue weighted by molar-refractivity contribution is 6.03. The molecule has 0 spiro atoms. The van der Waals surface area contributed by atoms with Crippen LogP contribution in [-0.4, -0.2) is 53.1 Å². The topological polar surface area (TPSA) is 78.4 Å². The molecule has 0 aliphatic carbocycles. The monoisotopic (exact) mass is 367 g/mol. The highest BCUT2D eigenvalue weighted by Gasteiger charge is 2.20. The van der Waals surface area contributed by atoms with E-state index in [1.165, 1.54) is 0 Å². The van der Waals surface area contributed by atoms with Crippen LogP contribution in [0.1, 0.15) is 34.1 Å². The number of anilines is 2. The van der Waals surface area contributed by atoms with Crippen LogP contribution in [0, 0.1) is 20.8 Å². The van der Waals surface area contributed by atoms with E-state index >= 15 is 0 Å². The number of amides is 2. The van der Waals surface area contributed by atoms with Gasteiger partial charge in [-0.1, -0.05) is 17.7 Å². The maximum atomic E-state index is 12.5. The van der Waals surface area contributed by atoms with Crippen LogP contribution in [0.3, 0.4) is 0 Å². The lowest BCUT2D eigenvalue weighted by molar-refractivity contribution is -0.129. The second kappa shape index (κ2) is 7.73. The molecule has 1 saturated heterocycles. The smallest absolute Gasteiger partial charge is 0.276 e.